The maximum Gasteiger partial charge on any atom is 0.306 e. The average Bonchev–Trinajstić information content (AvgIpc) is 2.96. The molecular weight excluding hydrogens is 372 g/mol. The van der Waals surface area contributed by atoms with Crippen LogP contribution >= 0.6 is 0 Å². The molecule has 0 aromatic rings. The zero-order chi connectivity index (χ0) is 21.0. The molecule has 0 radical (unpaired) electrons. The summed E-state index contributed by atoms with van der Waals surface area (Å²) in [4.78, 5) is 48.0. The molecule has 0 bridgehead atoms. The summed E-state index contributed by atoms with van der Waals surface area (Å²) >= 11 is 0. The number of ether oxygens (including phenoxy) is 1. The Morgan fingerprint density at radius 2 is 1.79 bits per heavy atom. The predicted octanol–water partition coefficient (Wildman–Crippen LogP) is 3.47. The molecule has 158 valence electrons. The van der Waals surface area contributed by atoms with Crippen molar-refractivity contribution in [1.82, 2.24) is 0 Å². The van der Waals surface area contributed by atoms with Gasteiger partial charge in [-0.1, -0.05) is 13.8 Å². The number of Topliss-reactive ketones (excluding diaryl/α,β-unsaturated/α-hetero) is 1. The molecule has 0 aromatic heterocycles. The first-order chi connectivity index (χ1) is 13.6. The van der Waals surface area contributed by atoms with E-state index in [0.717, 1.165) is 31.3 Å². The number of carboxylic acids is 1. The SMILES string of the molecule is C[C@]12CCC(=O)C=C1[C@H](OC(=O)CCC(=O)O)C[C@@H]1[C@@H]2CC[C@]2(C)C(=O)CC[C@@H]12. The number of esters is 1. The summed E-state index contributed by atoms with van der Waals surface area (Å²) in [5.74, 6) is -0.161. The van der Waals surface area contributed by atoms with Gasteiger partial charge in [-0.15, -0.1) is 0 Å². The smallest absolute Gasteiger partial charge is 0.306 e. The molecule has 29 heavy (non-hydrogen) atoms. The molecule has 4 aliphatic carbocycles. The van der Waals surface area contributed by atoms with E-state index in [4.69, 9.17) is 9.84 Å². The lowest BCUT2D eigenvalue weighted by molar-refractivity contribution is -0.158. The predicted molar refractivity (Wildman–Crippen MR) is 104 cm³/mol. The Kier molecular flexibility index (Phi) is 4.94. The lowest BCUT2D eigenvalue weighted by Gasteiger charge is -2.58. The standard InChI is InChI=1S/C23H30O6/c1-22-9-7-13(24)11-17(22)18(29-21(28)6-5-20(26)27)12-14-15-3-4-19(25)23(15,2)10-8-16(14)22/h11,14-16,18H,3-10,12H2,1-2H3,(H,26,27)/t14-,15-,16-,18+,22+,23-/m0/s1. The van der Waals surface area contributed by atoms with Crippen molar-refractivity contribution in [3.05, 3.63) is 11.6 Å². The monoisotopic (exact) mass is 402 g/mol. The van der Waals surface area contributed by atoms with Crippen molar-refractivity contribution in [2.24, 2.45) is 28.6 Å². The second kappa shape index (κ2) is 7.06. The topological polar surface area (TPSA) is 97.7 Å². The fourth-order valence-electron chi connectivity index (χ4n) is 6.89. The van der Waals surface area contributed by atoms with E-state index < -0.39 is 18.0 Å². The van der Waals surface area contributed by atoms with E-state index in [2.05, 4.69) is 13.8 Å². The van der Waals surface area contributed by atoms with Crippen LogP contribution in [0.4, 0.5) is 0 Å². The van der Waals surface area contributed by atoms with Crippen molar-refractivity contribution in [2.75, 3.05) is 0 Å². The van der Waals surface area contributed by atoms with Gasteiger partial charge in [-0.3, -0.25) is 19.2 Å². The van der Waals surface area contributed by atoms with Crippen LogP contribution in [0.15, 0.2) is 11.6 Å². The molecule has 6 atom stereocenters. The molecule has 0 amide bonds. The minimum absolute atomic E-state index is 0.0687. The number of carboxylic acid groups (broad SMARTS) is 1. The maximum absolute atomic E-state index is 12.6. The van der Waals surface area contributed by atoms with Gasteiger partial charge in [0.05, 0.1) is 12.8 Å². The van der Waals surface area contributed by atoms with Crippen molar-refractivity contribution < 1.29 is 29.0 Å². The quantitative estimate of drug-likeness (QED) is 0.723. The van der Waals surface area contributed by atoms with Crippen LogP contribution in [-0.4, -0.2) is 34.7 Å². The van der Waals surface area contributed by atoms with Gasteiger partial charge >= 0.3 is 11.9 Å². The van der Waals surface area contributed by atoms with E-state index in [9.17, 15) is 19.2 Å². The number of carbonyl (C=O) groups is 4. The first kappa shape index (κ1) is 20.3. The third-order valence-corrected chi connectivity index (χ3v) is 8.48. The molecule has 6 nitrogen and oxygen atoms in total. The minimum atomic E-state index is -1.03. The van der Waals surface area contributed by atoms with Gasteiger partial charge in [0.2, 0.25) is 0 Å². The highest BCUT2D eigenvalue weighted by atomic mass is 16.5. The number of ketones is 2. The number of aliphatic carboxylic acids is 1. The number of fused-ring (bicyclic) bond motifs is 5. The second-order valence-corrected chi connectivity index (χ2v) is 9.89. The van der Waals surface area contributed by atoms with Crippen molar-refractivity contribution in [2.45, 2.75) is 77.7 Å². The van der Waals surface area contributed by atoms with Gasteiger partial charge in [-0.2, -0.15) is 0 Å². The van der Waals surface area contributed by atoms with E-state index in [0.29, 0.717) is 36.9 Å². The van der Waals surface area contributed by atoms with Gasteiger partial charge in [-0.05, 0) is 66.9 Å². The summed E-state index contributed by atoms with van der Waals surface area (Å²) in [5, 5.41) is 8.85. The van der Waals surface area contributed by atoms with Crippen LogP contribution in [0.5, 0.6) is 0 Å². The van der Waals surface area contributed by atoms with Crippen LogP contribution in [0, 0.1) is 28.6 Å². The molecule has 0 saturated heterocycles. The second-order valence-electron chi connectivity index (χ2n) is 9.89. The molecule has 0 spiro atoms. The van der Waals surface area contributed by atoms with Crippen molar-refractivity contribution in [3.8, 4) is 0 Å². The molecule has 0 unspecified atom stereocenters. The van der Waals surface area contributed by atoms with Gasteiger partial charge < -0.3 is 9.84 Å². The van der Waals surface area contributed by atoms with Crippen LogP contribution in [0.1, 0.15) is 71.6 Å². The number of carbonyl (C=O) groups excluding carboxylic acids is 3. The molecule has 6 heteroatoms. The summed E-state index contributed by atoms with van der Waals surface area (Å²) in [6.45, 7) is 4.30. The molecule has 4 aliphatic rings. The normalized spacial score (nSPS) is 41.1. The van der Waals surface area contributed by atoms with Crippen molar-refractivity contribution in [1.29, 1.82) is 0 Å². The van der Waals surface area contributed by atoms with E-state index in [1.807, 2.05) is 0 Å². The van der Waals surface area contributed by atoms with Gasteiger partial charge in [0.25, 0.3) is 0 Å². The zero-order valence-corrected chi connectivity index (χ0v) is 17.2. The van der Waals surface area contributed by atoms with E-state index in [1.165, 1.54) is 0 Å². The lowest BCUT2D eigenvalue weighted by atomic mass is 9.47. The van der Waals surface area contributed by atoms with Crippen LogP contribution < -0.4 is 0 Å². The summed E-state index contributed by atoms with van der Waals surface area (Å²) in [5.41, 5.74) is 0.425. The van der Waals surface area contributed by atoms with Crippen LogP contribution in [-0.2, 0) is 23.9 Å². The number of rotatable bonds is 4. The van der Waals surface area contributed by atoms with Gasteiger partial charge in [0, 0.05) is 18.3 Å². The fraction of sp³-hybridized carbons (Fsp3) is 0.739. The Hall–Kier alpha value is -1.98. The van der Waals surface area contributed by atoms with Crippen LogP contribution in [0.25, 0.3) is 0 Å². The largest absolute Gasteiger partial charge is 0.481 e. The first-order valence-electron chi connectivity index (χ1n) is 10.8. The Bertz CT molecular complexity index is 797. The van der Waals surface area contributed by atoms with Gasteiger partial charge in [-0.25, -0.2) is 0 Å². The average molecular weight is 402 g/mol. The zero-order valence-electron chi connectivity index (χ0n) is 17.2. The van der Waals surface area contributed by atoms with Crippen molar-refractivity contribution >= 4 is 23.5 Å². The van der Waals surface area contributed by atoms with E-state index >= 15 is 0 Å². The summed E-state index contributed by atoms with van der Waals surface area (Å²) in [7, 11) is 0. The Morgan fingerprint density at radius 3 is 2.52 bits per heavy atom. The summed E-state index contributed by atoms with van der Waals surface area (Å²) in [6, 6.07) is 0. The molecule has 4 rings (SSSR count). The van der Waals surface area contributed by atoms with Crippen LogP contribution in [0.2, 0.25) is 0 Å². The third-order valence-electron chi connectivity index (χ3n) is 8.48. The minimum Gasteiger partial charge on any atom is -0.481 e. The molecular formula is C23H30O6. The molecule has 1 N–H and O–H groups in total. The molecule has 0 aromatic carbocycles. The summed E-state index contributed by atoms with van der Waals surface area (Å²) < 4.78 is 5.77. The molecule has 3 saturated carbocycles. The number of hydrogen-bond donors (Lipinski definition) is 1. The fourth-order valence-corrected chi connectivity index (χ4v) is 6.89. The summed E-state index contributed by atoms with van der Waals surface area (Å²) in [6.07, 6.45) is 6.03. The van der Waals surface area contributed by atoms with E-state index in [1.54, 1.807) is 6.08 Å². The molecule has 0 heterocycles. The highest BCUT2D eigenvalue weighted by Gasteiger charge is 2.61. The third kappa shape index (κ3) is 3.24. The number of hydrogen-bond acceptors (Lipinski definition) is 5. The maximum atomic E-state index is 12.6. The highest BCUT2D eigenvalue weighted by Crippen LogP contribution is 2.64. The van der Waals surface area contributed by atoms with Crippen molar-refractivity contribution in [3.63, 3.8) is 0 Å². The Morgan fingerprint density at radius 1 is 1.07 bits per heavy atom. The molecule has 0 aliphatic heterocycles. The Labute approximate surface area is 171 Å². The van der Waals surface area contributed by atoms with Gasteiger partial charge in [0.15, 0.2) is 5.78 Å². The molecule has 3 fully saturated rings. The van der Waals surface area contributed by atoms with E-state index in [-0.39, 0.29) is 35.4 Å². The van der Waals surface area contributed by atoms with Crippen LogP contribution in [0.3, 0.4) is 0 Å². The lowest BCUT2D eigenvalue weighted by Crippen LogP contribution is -2.54. The first-order valence-corrected chi connectivity index (χ1v) is 10.8. The Balaban J connectivity index is 1.65. The van der Waals surface area contributed by atoms with Gasteiger partial charge in [0.1, 0.15) is 11.9 Å². The highest BCUT2D eigenvalue weighted by molar-refractivity contribution is 5.92.